The fraction of sp³-hybridized carbons (Fsp3) is 1.00. The number of nitrogens with zero attached hydrogens (tertiary/aromatic N) is 1. The van der Waals surface area contributed by atoms with Crippen LogP contribution < -0.4 is 0 Å². The van der Waals surface area contributed by atoms with Crippen molar-refractivity contribution in [3.63, 3.8) is 0 Å². The zero-order valence-electron chi connectivity index (χ0n) is 23.2. The topological polar surface area (TPSA) is 58.6 Å². The number of rotatable bonds is 21. The van der Waals surface area contributed by atoms with Gasteiger partial charge >= 0.3 is 0 Å². The van der Waals surface area contributed by atoms with Crippen LogP contribution in [0.2, 0.25) is 0 Å². The standard InChI is InChI=1S/C24H53NO6P2/c1-19(2)28-23(9,29-20(3)4)32-17-13-25(27-16-12-15-26-11)14-18-33-24(10,30-21(5)6)31-22(7)8/h19-22,32-33H,12-18H2,1-11H3. The molecule has 2 unspecified atom stereocenters. The molecule has 0 saturated carbocycles. The first kappa shape index (κ1) is 33.6. The van der Waals surface area contributed by atoms with Gasteiger partial charge in [-0.15, -0.1) is 0 Å². The van der Waals surface area contributed by atoms with Crippen molar-refractivity contribution in [2.45, 2.75) is 111 Å². The van der Waals surface area contributed by atoms with Crippen LogP contribution in [0.4, 0.5) is 0 Å². The molecule has 0 aromatic rings. The van der Waals surface area contributed by atoms with Crippen molar-refractivity contribution >= 4 is 17.2 Å². The van der Waals surface area contributed by atoms with Gasteiger partial charge in [-0.3, -0.25) is 4.84 Å². The van der Waals surface area contributed by atoms with Gasteiger partial charge in [0.1, 0.15) is 0 Å². The molecule has 200 valence electrons. The van der Waals surface area contributed by atoms with Crippen LogP contribution in [-0.4, -0.2) is 86.3 Å². The van der Waals surface area contributed by atoms with Gasteiger partial charge in [-0.05, 0) is 88.0 Å². The summed E-state index contributed by atoms with van der Waals surface area (Å²) in [4.78, 5) is 6.10. The molecule has 0 fully saturated rings. The van der Waals surface area contributed by atoms with Gasteiger partial charge in [-0.1, -0.05) is 17.2 Å². The van der Waals surface area contributed by atoms with Crippen molar-refractivity contribution in [2.24, 2.45) is 0 Å². The largest absolute Gasteiger partial charge is 0.385 e. The molecule has 0 aromatic carbocycles. The Hall–Kier alpha value is 0.580. The van der Waals surface area contributed by atoms with Crippen molar-refractivity contribution in [1.29, 1.82) is 0 Å². The summed E-state index contributed by atoms with van der Waals surface area (Å²) in [5.41, 5.74) is -1.14. The van der Waals surface area contributed by atoms with E-state index in [4.69, 9.17) is 28.5 Å². The SMILES string of the molecule is COCCCON(CCPC(C)(OC(C)C)OC(C)C)CCPC(C)(OC(C)C)OC(C)C. The van der Waals surface area contributed by atoms with E-state index < -0.39 is 11.1 Å². The zero-order valence-corrected chi connectivity index (χ0v) is 25.2. The van der Waals surface area contributed by atoms with Gasteiger partial charge in [0.05, 0.1) is 31.0 Å². The maximum atomic E-state index is 6.13. The summed E-state index contributed by atoms with van der Waals surface area (Å²) in [6.45, 7) is 23.5. The van der Waals surface area contributed by atoms with Gasteiger partial charge in [-0.2, -0.15) is 5.06 Å². The molecule has 0 aliphatic carbocycles. The molecule has 0 aliphatic heterocycles. The summed E-state index contributed by atoms with van der Waals surface area (Å²) < 4.78 is 29.7. The molecule has 0 aromatic heterocycles. The first-order valence-electron chi connectivity index (χ1n) is 12.4. The van der Waals surface area contributed by atoms with Gasteiger partial charge in [0.2, 0.25) is 0 Å². The maximum Gasteiger partial charge on any atom is 0.181 e. The first-order valence-corrected chi connectivity index (χ1v) is 14.8. The fourth-order valence-corrected chi connectivity index (χ4v) is 6.38. The molecule has 0 amide bonds. The van der Waals surface area contributed by atoms with Gasteiger partial charge in [0, 0.05) is 26.8 Å². The quantitative estimate of drug-likeness (QED) is 0.0849. The van der Waals surface area contributed by atoms with Crippen LogP contribution >= 0.6 is 17.2 Å². The third kappa shape index (κ3) is 18.5. The Labute approximate surface area is 207 Å². The lowest BCUT2D eigenvalue weighted by Gasteiger charge is -2.35. The van der Waals surface area contributed by atoms with Crippen LogP contribution in [-0.2, 0) is 28.5 Å². The summed E-state index contributed by atoms with van der Waals surface area (Å²) in [7, 11) is 2.74. The highest BCUT2D eigenvalue weighted by molar-refractivity contribution is 7.39. The molecule has 33 heavy (non-hydrogen) atoms. The van der Waals surface area contributed by atoms with Crippen LogP contribution in [0.25, 0.3) is 0 Å². The number of hydrogen-bond donors (Lipinski definition) is 0. The lowest BCUT2D eigenvalue weighted by atomic mass is 10.4. The summed E-state index contributed by atoms with van der Waals surface area (Å²) in [6.07, 6.45) is 3.20. The number of ether oxygens (including phenoxy) is 5. The second-order valence-corrected chi connectivity index (χ2v) is 13.0. The molecule has 9 heteroatoms. The van der Waals surface area contributed by atoms with Crippen LogP contribution in [0, 0.1) is 0 Å². The normalized spacial score (nSPS) is 14.2. The fourth-order valence-electron chi connectivity index (χ4n) is 3.47. The van der Waals surface area contributed by atoms with E-state index in [1.165, 1.54) is 0 Å². The number of methoxy groups -OCH3 is 1. The molecule has 0 bridgehead atoms. The van der Waals surface area contributed by atoms with E-state index in [0.717, 1.165) is 31.8 Å². The van der Waals surface area contributed by atoms with E-state index in [2.05, 4.69) is 18.9 Å². The molecule has 0 spiro atoms. The van der Waals surface area contributed by atoms with E-state index in [1.807, 2.05) is 55.4 Å². The molecule has 0 saturated heterocycles. The van der Waals surface area contributed by atoms with Crippen molar-refractivity contribution in [2.75, 3.05) is 45.7 Å². The Bertz CT molecular complexity index is 424. The van der Waals surface area contributed by atoms with E-state index in [9.17, 15) is 0 Å². The van der Waals surface area contributed by atoms with Crippen LogP contribution in [0.5, 0.6) is 0 Å². The van der Waals surface area contributed by atoms with Crippen molar-refractivity contribution in [3.8, 4) is 0 Å². The minimum Gasteiger partial charge on any atom is -0.385 e. The molecular formula is C24H53NO6P2. The summed E-state index contributed by atoms with van der Waals surface area (Å²) in [5, 5.41) is 2.08. The van der Waals surface area contributed by atoms with Gasteiger partial charge in [0.25, 0.3) is 0 Å². The maximum absolute atomic E-state index is 6.13. The Morgan fingerprint density at radius 1 is 0.636 bits per heavy atom. The predicted octanol–water partition coefficient (Wildman–Crippen LogP) is 5.66. The van der Waals surface area contributed by atoms with Gasteiger partial charge in [-0.25, -0.2) is 0 Å². The second kappa shape index (κ2) is 17.9. The average Bonchev–Trinajstić information content (AvgIpc) is 2.61. The van der Waals surface area contributed by atoms with Crippen molar-refractivity contribution in [1.82, 2.24) is 5.06 Å². The minimum atomic E-state index is -0.569. The summed E-state index contributed by atoms with van der Waals surface area (Å²) in [6, 6.07) is 0. The third-order valence-corrected chi connectivity index (χ3v) is 6.93. The highest BCUT2D eigenvalue weighted by atomic mass is 31.1. The first-order chi connectivity index (χ1) is 15.3. The Balaban J connectivity index is 4.92. The van der Waals surface area contributed by atoms with Gasteiger partial charge < -0.3 is 23.7 Å². The lowest BCUT2D eigenvalue weighted by molar-refractivity contribution is -0.199. The Kier molecular flexibility index (Phi) is 18.2. The van der Waals surface area contributed by atoms with Crippen LogP contribution in [0.1, 0.15) is 75.7 Å². The van der Waals surface area contributed by atoms with E-state index >= 15 is 0 Å². The molecule has 0 heterocycles. The smallest absolute Gasteiger partial charge is 0.181 e. The highest BCUT2D eigenvalue weighted by Crippen LogP contribution is 2.38. The molecular weight excluding hydrogens is 460 g/mol. The predicted molar refractivity (Wildman–Crippen MR) is 142 cm³/mol. The third-order valence-electron chi connectivity index (χ3n) is 4.22. The van der Waals surface area contributed by atoms with E-state index in [0.29, 0.717) is 30.4 Å². The number of hydroxylamine groups is 2. The zero-order chi connectivity index (χ0) is 25.5. The Morgan fingerprint density at radius 3 is 1.30 bits per heavy atom. The second-order valence-electron chi connectivity index (χ2n) is 9.52. The minimum absolute atomic E-state index is 0.114. The summed E-state index contributed by atoms with van der Waals surface area (Å²) >= 11 is 0. The summed E-state index contributed by atoms with van der Waals surface area (Å²) in [5.74, 6) is 0. The van der Waals surface area contributed by atoms with E-state index in [-0.39, 0.29) is 24.4 Å². The van der Waals surface area contributed by atoms with E-state index in [1.54, 1.807) is 7.11 Å². The van der Waals surface area contributed by atoms with Crippen molar-refractivity contribution < 1.29 is 28.5 Å². The molecule has 0 radical (unpaired) electrons. The van der Waals surface area contributed by atoms with Crippen molar-refractivity contribution in [3.05, 3.63) is 0 Å². The average molecular weight is 514 g/mol. The molecule has 2 atom stereocenters. The van der Waals surface area contributed by atoms with Crippen LogP contribution in [0.15, 0.2) is 0 Å². The molecule has 7 nitrogen and oxygen atoms in total. The number of hydrogen-bond acceptors (Lipinski definition) is 7. The Morgan fingerprint density at radius 2 is 1.00 bits per heavy atom. The molecule has 0 rings (SSSR count). The van der Waals surface area contributed by atoms with Crippen LogP contribution in [0.3, 0.4) is 0 Å². The molecule has 0 aliphatic rings. The molecule has 0 N–H and O–H groups in total. The lowest BCUT2D eigenvalue weighted by Crippen LogP contribution is -2.36. The highest BCUT2D eigenvalue weighted by Gasteiger charge is 2.30. The monoisotopic (exact) mass is 513 g/mol. The van der Waals surface area contributed by atoms with Gasteiger partial charge in [0.15, 0.2) is 11.1 Å².